The Morgan fingerprint density at radius 2 is 2.05 bits per heavy atom. The lowest BCUT2D eigenvalue weighted by molar-refractivity contribution is -0.109. The van der Waals surface area contributed by atoms with Gasteiger partial charge in [-0.1, -0.05) is 29.8 Å². The van der Waals surface area contributed by atoms with Crippen LogP contribution in [0.1, 0.15) is 11.1 Å². The van der Waals surface area contributed by atoms with E-state index in [-0.39, 0.29) is 12.2 Å². The molecule has 0 aliphatic carbocycles. The number of hydrogen-bond acceptors (Lipinski definition) is 3. The second-order valence-electron chi connectivity index (χ2n) is 4.74. The fourth-order valence-electron chi connectivity index (χ4n) is 1.93. The first-order valence-corrected chi connectivity index (χ1v) is 6.86. The number of pyridine rings is 1. The molecule has 1 heterocycles. The molecule has 114 valence electrons. The van der Waals surface area contributed by atoms with Gasteiger partial charge in [-0.15, -0.1) is 0 Å². The number of anilines is 1. The third-order valence-electron chi connectivity index (χ3n) is 3.07. The normalized spacial score (nSPS) is 12.5. The summed E-state index contributed by atoms with van der Waals surface area (Å²) in [5, 5.41) is 0.428. The van der Waals surface area contributed by atoms with Crippen LogP contribution in [-0.4, -0.2) is 11.3 Å². The molecule has 0 bridgehead atoms. The number of nitrogens with two attached hydrogens (primary N) is 1. The summed E-state index contributed by atoms with van der Waals surface area (Å²) in [6.07, 6.45) is 5.66. The van der Waals surface area contributed by atoms with E-state index < -0.39 is 17.6 Å². The van der Waals surface area contributed by atoms with Gasteiger partial charge >= 0.3 is 0 Å². The zero-order valence-electron chi connectivity index (χ0n) is 11.5. The second-order valence-corrected chi connectivity index (χ2v) is 5.18. The molecule has 1 atom stereocenters. The van der Waals surface area contributed by atoms with Gasteiger partial charge in [0.1, 0.15) is 12.1 Å². The van der Waals surface area contributed by atoms with Crippen LogP contribution in [0.4, 0.5) is 14.6 Å². The topological polar surface area (TPSA) is 56.0 Å². The first kappa shape index (κ1) is 16.1. The van der Waals surface area contributed by atoms with Crippen molar-refractivity contribution in [3.05, 3.63) is 64.3 Å². The van der Waals surface area contributed by atoms with Crippen molar-refractivity contribution in [2.45, 2.75) is 6.42 Å². The van der Waals surface area contributed by atoms with Gasteiger partial charge in [0.05, 0.1) is 5.02 Å². The monoisotopic (exact) mass is 322 g/mol. The predicted octanol–water partition coefficient (Wildman–Crippen LogP) is 3.67. The largest absolute Gasteiger partial charge is 0.383 e. The Bertz CT molecular complexity index is 719. The molecule has 2 aromatic rings. The smallest absolute Gasteiger partial charge is 0.159 e. The van der Waals surface area contributed by atoms with Crippen LogP contribution in [0.25, 0.3) is 6.08 Å². The van der Waals surface area contributed by atoms with Gasteiger partial charge in [-0.05, 0) is 30.2 Å². The van der Waals surface area contributed by atoms with E-state index in [1.54, 1.807) is 18.2 Å². The molecule has 2 rings (SSSR count). The molecule has 22 heavy (non-hydrogen) atoms. The van der Waals surface area contributed by atoms with E-state index in [2.05, 4.69) is 4.98 Å². The Balaban J connectivity index is 2.14. The summed E-state index contributed by atoms with van der Waals surface area (Å²) in [4.78, 5) is 15.0. The molecular weight excluding hydrogens is 310 g/mol. The highest BCUT2D eigenvalue weighted by Crippen LogP contribution is 2.18. The summed E-state index contributed by atoms with van der Waals surface area (Å²) in [7, 11) is 0. The maximum absolute atomic E-state index is 13.2. The quantitative estimate of drug-likeness (QED) is 0.855. The number of benzene rings is 1. The predicted molar refractivity (Wildman–Crippen MR) is 82.3 cm³/mol. The molecule has 1 unspecified atom stereocenters. The van der Waals surface area contributed by atoms with Crippen molar-refractivity contribution in [1.29, 1.82) is 0 Å². The second kappa shape index (κ2) is 7.13. The van der Waals surface area contributed by atoms with E-state index in [1.807, 2.05) is 0 Å². The van der Waals surface area contributed by atoms with Crippen molar-refractivity contribution in [2.24, 2.45) is 5.92 Å². The van der Waals surface area contributed by atoms with Crippen LogP contribution in [0.5, 0.6) is 0 Å². The first-order valence-electron chi connectivity index (χ1n) is 6.48. The summed E-state index contributed by atoms with van der Waals surface area (Å²) in [6, 6.07) is 5.18. The standard InChI is InChI=1S/C16H13ClF2N2O/c17-13-7-12(16(20)21-8-13)3-1-11(9-22)5-10-2-4-14(18)15(19)6-10/h1-4,6-9,11H,5H2,(H2,20,21)/b3-1+. The average Bonchev–Trinajstić information content (AvgIpc) is 2.50. The lowest BCUT2D eigenvalue weighted by Gasteiger charge is -2.06. The van der Waals surface area contributed by atoms with Crippen molar-refractivity contribution < 1.29 is 13.6 Å². The summed E-state index contributed by atoms with van der Waals surface area (Å²) >= 11 is 5.83. The van der Waals surface area contributed by atoms with Crippen molar-refractivity contribution in [3.63, 3.8) is 0 Å². The van der Waals surface area contributed by atoms with Crippen LogP contribution in [-0.2, 0) is 11.2 Å². The molecule has 0 radical (unpaired) electrons. The molecule has 0 aliphatic heterocycles. The van der Waals surface area contributed by atoms with E-state index in [0.29, 0.717) is 16.1 Å². The van der Waals surface area contributed by atoms with Crippen LogP contribution in [0.2, 0.25) is 5.02 Å². The molecule has 2 N–H and O–H groups in total. The highest BCUT2D eigenvalue weighted by Gasteiger charge is 2.08. The summed E-state index contributed by atoms with van der Waals surface area (Å²) in [5.41, 5.74) is 6.82. The fourth-order valence-corrected chi connectivity index (χ4v) is 2.09. The maximum Gasteiger partial charge on any atom is 0.159 e. The molecule has 0 amide bonds. The number of aldehydes is 1. The summed E-state index contributed by atoms with van der Waals surface area (Å²) < 4.78 is 26.0. The number of allylic oxidation sites excluding steroid dienone is 1. The van der Waals surface area contributed by atoms with Gasteiger partial charge in [0.15, 0.2) is 11.6 Å². The van der Waals surface area contributed by atoms with Gasteiger partial charge in [0, 0.05) is 17.7 Å². The van der Waals surface area contributed by atoms with Crippen molar-refractivity contribution in [1.82, 2.24) is 4.98 Å². The summed E-state index contributed by atoms with van der Waals surface area (Å²) in [5.74, 6) is -2.06. The molecule has 3 nitrogen and oxygen atoms in total. The lowest BCUT2D eigenvalue weighted by atomic mass is 9.99. The number of carbonyl (C=O) groups excluding carboxylic acids is 1. The number of aromatic nitrogens is 1. The Hall–Kier alpha value is -2.27. The molecule has 6 heteroatoms. The van der Waals surface area contributed by atoms with Crippen LogP contribution in [0, 0.1) is 17.6 Å². The highest BCUT2D eigenvalue weighted by molar-refractivity contribution is 6.30. The number of nitrogen functional groups attached to an aromatic ring is 1. The third-order valence-corrected chi connectivity index (χ3v) is 3.28. The van der Waals surface area contributed by atoms with E-state index in [9.17, 15) is 13.6 Å². The van der Waals surface area contributed by atoms with E-state index in [4.69, 9.17) is 17.3 Å². The minimum Gasteiger partial charge on any atom is -0.383 e. The number of nitrogens with zero attached hydrogens (tertiary/aromatic N) is 1. The van der Waals surface area contributed by atoms with Gasteiger partial charge in [0.25, 0.3) is 0 Å². The first-order chi connectivity index (χ1) is 10.5. The van der Waals surface area contributed by atoms with Gasteiger partial charge in [0.2, 0.25) is 0 Å². The Morgan fingerprint density at radius 3 is 2.73 bits per heavy atom. The highest BCUT2D eigenvalue weighted by atomic mass is 35.5. The van der Waals surface area contributed by atoms with Crippen LogP contribution in [0.3, 0.4) is 0 Å². The van der Waals surface area contributed by atoms with E-state index in [1.165, 1.54) is 12.3 Å². The van der Waals surface area contributed by atoms with Crippen LogP contribution >= 0.6 is 11.6 Å². The Kier molecular flexibility index (Phi) is 5.22. The Morgan fingerprint density at radius 1 is 1.27 bits per heavy atom. The molecule has 0 spiro atoms. The van der Waals surface area contributed by atoms with Gasteiger partial charge in [-0.2, -0.15) is 0 Å². The number of hydrogen-bond donors (Lipinski definition) is 1. The number of carbonyl (C=O) groups is 1. The third kappa shape index (κ3) is 4.11. The fraction of sp³-hybridized carbons (Fsp3) is 0.125. The molecule has 0 saturated heterocycles. The van der Waals surface area contributed by atoms with Crippen LogP contribution < -0.4 is 5.73 Å². The van der Waals surface area contributed by atoms with Crippen molar-refractivity contribution in [3.8, 4) is 0 Å². The maximum atomic E-state index is 13.2. The van der Waals surface area contributed by atoms with Gasteiger partial charge < -0.3 is 10.5 Å². The number of halogens is 3. The zero-order chi connectivity index (χ0) is 16.1. The van der Waals surface area contributed by atoms with Gasteiger partial charge in [-0.25, -0.2) is 13.8 Å². The molecule has 0 fully saturated rings. The van der Waals surface area contributed by atoms with Gasteiger partial charge in [-0.3, -0.25) is 0 Å². The minimum atomic E-state index is -0.936. The molecule has 0 aliphatic rings. The SMILES string of the molecule is Nc1ncc(Cl)cc1/C=C/C(C=O)Cc1ccc(F)c(F)c1. The average molecular weight is 323 g/mol. The number of rotatable bonds is 5. The zero-order valence-corrected chi connectivity index (χ0v) is 12.2. The van der Waals surface area contributed by atoms with E-state index in [0.717, 1.165) is 18.4 Å². The molecule has 1 aromatic carbocycles. The molecule has 0 saturated carbocycles. The van der Waals surface area contributed by atoms with Crippen molar-refractivity contribution in [2.75, 3.05) is 5.73 Å². The summed E-state index contributed by atoms with van der Waals surface area (Å²) in [6.45, 7) is 0. The lowest BCUT2D eigenvalue weighted by Crippen LogP contribution is -2.03. The Labute approximate surface area is 131 Å². The van der Waals surface area contributed by atoms with Crippen molar-refractivity contribution >= 4 is 29.8 Å². The molecular formula is C16H13ClF2N2O. The van der Waals surface area contributed by atoms with Crippen LogP contribution in [0.15, 0.2) is 36.5 Å². The molecule has 1 aromatic heterocycles. The minimum absolute atomic E-state index is 0.255. The van der Waals surface area contributed by atoms with E-state index >= 15 is 0 Å².